The van der Waals surface area contributed by atoms with Crippen LogP contribution in [0.1, 0.15) is 32.6 Å². The molecule has 0 aromatic rings. The SMILES string of the molecule is CC(=O)N1CCC[C@@H](CN(CC(=O)O)C2CC2)C1. The fraction of sp³-hybridized carbons (Fsp3) is 0.846. The molecule has 0 spiro atoms. The molecule has 0 aromatic carbocycles. The number of amides is 1. The third-order valence-corrected chi connectivity index (χ3v) is 3.86. The van der Waals surface area contributed by atoms with Crippen molar-refractivity contribution in [3.8, 4) is 0 Å². The maximum absolute atomic E-state index is 11.4. The number of hydrogen-bond acceptors (Lipinski definition) is 3. The molecule has 1 aliphatic carbocycles. The minimum Gasteiger partial charge on any atom is -0.480 e. The summed E-state index contributed by atoms with van der Waals surface area (Å²) >= 11 is 0. The smallest absolute Gasteiger partial charge is 0.317 e. The molecule has 2 aliphatic rings. The average Bonchev–Trinajstić information content (AvgIpc) is 3.11. The van der Waals surface area contributed by atoms with Crippen LogP contribution in [-0.4, -0.2) is 59.0 Å². The zero-order chi connectivity index (χ0) is 13.1. The van der Waals surface area contributed by atoms with E-state index >= 15 is 0 Å². The molecule has 5 nitrogen and oxygen atoms in total. The normalized spacial score (nSPS) is 24.3. The number of piperidine rings is 1. The summed E-state index contributed by atoms with van der Waals surface area (Å²) in [6.07, 6.45) is 4.38. The first-order valence-corrected chi connectivity index (χ1v) is 6.77. The Morgan fingerprint density at radius 3 is 2.61 bits per heavy atom. The van der Waals surface area contributed by atoms with Crippen molar-refractivity contribution < 1.29 is 14.7 Å². The highest BCUT2D eigenvalue weighted by molar-refractivity contribution is 5.73. The van der Waals surface area contributed by atoms with Crippen molar-refractivity contribution in [1.29, 1.82) is 0 Å². The number of likely N-dealkylation sites (tertiary alicyclic amines) is 1. The van der Waals surface area contributed by atoms with Gasteiger partial charge in [0.2, 0.25) is 5.91 Å². The van der Waals surface area contributed by atoms with E-state index in [4.69, 9.17) is 5.11 Å². The minimum atomic E-state index is -0.749. The molecule has 5 heteroatoms. The molecule has 1 atom stereocenters. The Morgan fingerprint density at radius 2 is 2.06 bits per heavy atom. The van der Waals surface area contributed by atoms with E-state index < -0.39 is 5.97 Å². The Morgan fingerprint density at radius 1 is 1.33 bits per heavy atom. The Bertz CT molecular complexity index is 328. The van der Waals surface area contributed by atoms with Crippen LogP contribution in [0, 0.1) is 5.92 Å². The molecule has 0 unspecified atom stereocenters. The molecular formula is C13H22N2O3. The van der Waals surface area contributed by atoms with Crippen molar-refractivity contribution in [1.82, 2.24) is 9.80 Å². The highest BCUT2D eigenvalue weighted by Gasteiger charge is 2.33. The van der Waals surface area contributed by atoms with Crippen LogP contribution in [0.2, 0.25) is 0 Å². The Hall–Kier alpha value is -1.10. The zero-order valence-corrected chi connectivity index (χ0v) is 11.0. The van der Waals surface area contributed by atoms with Gasteiger partial charge in [-0.05, 0) is 31.6 Å². The van der Waals surface area contributed by atoms with Gasteiger partial charge in [0.05, 0.1) is 6.54 Å². The zero-order valence-electron chi connectivity index (χ0n) is 11.0. The number of aliphatic carboxylic acids is 1. The number of carboxylic acids is 1. The molecule has 1 heterocycles. The standard InChI is InChI=1S/C13H22N2O3/c1-10(16)14-6-2-3-11(7-14)8-15(9-13(17)18)12-4-5-12/h11-12H,2-9H2,1H3,(H,17,18)/t11-/m1/s1. The van der Waals surface area contributed by atoms with Crippen LogP contribution in [0.15, 0.2) is 0 Å². The van der Waals surface area contributed by atoms with E-state index in [-0.39, 0.29) is 12.5 Å². The molecule has 2 fully saturated rings. The van der Waals surface area contributed by atoms with Gasteiger partial charge in [0.15, 0.2) is 0 Å². The molecule has 0 aromatic heterocycles. The van der Waals surface area contributed by atoms with E-state index in [1.807, 2.05) is 4.90 Å². The third kappa shape index (κ3) is 3.70. The van der Waals surface area contributed by atoms with Crippen molar-refractivity contribution in [2.45, 2.75) is 38.6 Å². The van der Waals surface area contributed by atoms with Gasteiger partial charge in [-0.2, -0.15) is 0 Å². The van der Waals surface area contributed by atoms with Gasteiger partial charge in [-0.25, -0.2) is 0 Å². The van der Waals surface area contributed by atoms with Crippen LogP contribution in [0.25, 0.3) is 0 Å². The van der Waals surface area contributed by atoms with Gasteiger partial charge < -0.3 is 10.0 Å². The highest BCUT2D eigenvalue weighted by atomic mass is 16.4. The van der Waals surface area contributed by atoms with Gasteiger partial charge in [-0.15, -0.1) is 0 Å². The van der Waals surface area contributed by atoms with Crippen LogP contribution < -0.4 is 0 Å². The minimum absolute atomic E-state index is 0.135. The van der Waals surface area contributed by atoms with E-state index in [0.29, 0.717) is 12.0 Å². The van der Waals surface area contributed by atoms with Gasteiger partial charge >= 0.3 is 5.97 Å². The fourth-order valence-corrected chi connectivity index (χ4v) is 2.79. The van der Waals surface area contributed by atoms with Crippen molar-refractivity contribution >= 4 is 11.9 Å². The fourth-order valence-electron chi connectivity index (χ4n) is 2.79. The van der Waals surface area contributed by atoms with E-state index in [1.54, 1.807) is 6.92 Å². The second kappa shape index (κ2) is 5.69. The number of hydrogen-bond donors (Lipinski definition) is 1. The van der Waals surface area contributed by atoms with E-state index in [9.17, 15) is 9.59 Å². The van der Waals surface area contributed by atoms with Crippen molar-refractivity contribution in [3.05, 3.63) is 0 Å². The molecule has 2 rings (SSSR count). The Labute approximate surface area is 108 Å². The van der Waals surface area contributed by atoms with Gasteiger partial charge in [-0.3, -0.25) is 14.5 Å². The number of carboxylic acid groups (broad SMARTS) is 1. The number of rotatable bonds is 5. The summed E-state index contributed by atoms with van der Waals surface area (Å²) in [7, 11) is 0. The first kappa shape index (κ1) is 13.3. The molecule has 102 valence electrons. The molecule has 0 radical (unpaired) electrons. The lowest BCUT2D eigenvalue weighted by Crippen LogP contribution is -2.44. The predicted octanol–water partition coefficient (Wildman–Crippen LogP) is 0.794. The second-order valence-electron chi connectivity index (χ2n) is 5.53. The first-order chi connectivity index (χ1) is 8.56. The Balaban J connectivity index is 1.86. The first-order valence-electron chi connectivity index (χ1n) is 6.77. The van der Waals surface area contributed by atoms with Crippen LogP contribution in [0.5, 0.6) is 0 Å². The lowest BCUT2D eigenvalue weighted by Gasteiger charge is -2.35. The second-order valence-corrected chi connectivity index (χ2v) is 5.53. The average molecular weight is 254 g/mol. The maximum atomic E-state index is 11.4. The lowest BCUT2D eigenvalue weighted by atomic mass is 9.97. The molecular weight excluding hydrogens is 232 g/mol. The van der Waals surface area contributed by atoms with Gasteiger partial charge in [-0.1, -0.05) is 0 Å². The van der Waals surface area contributed by atoms with E-state index in [0.717, 1.165) is 45.3 Å². The summed E-state index contributed by atoms with van der Waals surface area (Å²) in [5.74, 6) is -0.181. The summed E-state index contributed by atoms with van der Waals surface area (Å²) in [5.41, 5.74) is 0. The molecule has 1 saturated heterocycles. The predicted molar refractivity (Wildman–Crippen MR) is 67.2 cm³/mol. The van der Waals surface area contributed by atoms with Crippen LogP contribution in [0.4, 0.5) is 0 Å². The largest absolute Gasteiger partial charge is 0.480 e. The van der Waals surface area contributed by atoms with Gasteiger partial charge in [0.25, 0.3) is 0 Å². The molecule has 18 heavy (non-hydrogen) atoms. The van der Waals surface area contributed by atoms with Crippen molar-refractivity contribution in [2.24, 2.45) is 5.92 Å². The van der Waals surface area contributed by atoms with E-state index in [1.165, 1.54) is 0 Å². The van der Waals surface area contributed by atoms with Crippen LogP contribution in [-0.2, 0) is 9.59 Å². The highest BCUT2D eigenvalue weighted by Crippen LogP contribution is 2.29. The van der Waals surface area contributed by atoms with Gasteiger partial charge in [0.1, 0.15) is 0 Å². The Kier molecular flexibility index (Phi) is 4.22. The summed E-state index contributed by atoms with van der Waals surface area (Å²) < 4.78 is 0. The topological polar surface area (TPSA) is 60.9 Å². The van der Waals surface area contributed by atoms with Crippen molar-refractivity contribution in [3.63, 3.8) is 0 Å². The summed E-state index contributed by atoms with van der Waals surface area (Å²) in [4.78, 5) is 26.2. The molecule has 1 amide bonds. The molecule has 0 bridgehead atoms. The van der Waals surface area contributed by atoms with Crippen LogP contribution >= 0.6 is 0 Å². The number of carbonyl (C=O) groups is 2. The number of carbonyl (C=O) groups excluding carboxylic acids is 1. The van der Waals surface area contributed by atoms with E-state index in [2.05, 4.69) is 4.90 Å². The third-order valence-electron chi connectivity index (χ3n) is 3.86. The number of nitrogens with zero attached hydrogens (tertiary/aromatic N) is 2. The molecule has 1 saturated carbocycles. The molecule has 1 aliphatic heterocycles. The molecule has 1 N–H and O–H groups in total. The quantitative estimate of drug-likeness (QED) is 0.788. The summed E-state index contributed by atoms with van der Waals surface area (Å²) in [6.45, 7) is 4.21. The lowest BCUT2D eigenvalue weighted by molar-refractivity contribution is -0.139. The van der Waals surface area contributed by atoms with Crippen LogP contribution in [0.3, 0.4) is 0 Å². The summed E-state index contributed by atoms with van der Waals surface area (Å²) in [6, 6.07) is 0.466. The summed E-state index contributed by atoms with van der Waals surface area (Å²) in [5, 5.41) is 8.92. The maximum Gasteiger partial charge on any atom is 0.317 e. The van der Waals surface area contributed by atoms with Gasteiger partial charge in [0, 0.05) is 32.6 Å². The van der Waals surface area contributed by atoms with Crippen molar-refractivity contribution in [2.75, 3.05) is 26.2 Å². The monoisotopic (exact) mass is 254 g/mol.